The molecule has 2 spiro atoms. The van der Waals surface area contributed by atoms with Crippen molar-refractivity contribution in [2.75, 3.05) is 4.90 Å². The smallest absolute Gasteiger partial charge is 0.0468 e. The molecule has 1 heteroatoms. The lowest BCUT2D eigenvalue weighted by Gasteiger charge is -2.61. The monoisotopic (exact) mass is 609 g/mol. The summed E-state index contributed by atoms with van der Waals surface area (Å²) < 4.78 is 0. The zero-order chi connectivity index (χ0) is 30.7. The molecule has 232 valence electrons. The van der Waals surface area contributed by atoms with Crippen LogP contribution >= 0.6 is 0 Å². The molecule has 7 aliphatic carbocycles. The van der Waals surface area contributed by atoms with Gasteiger partial charge >= 0.3 is 0 Å². The predicted molar refractivity (Wildman–Crippen MR) is 194 cm³/mol. The fourth-order valence-electron chi connectivity index (χ4n) is 12.6. The average molecular weight is 610 g/mol. The molecule has 4 bridgehead atoms. The van der Waals surface area contributed by atoms with E-state index in [1.165, 1.54) is 104 Å². The van der Waals surface area contributed by atoms with E-state index in [9.17, 15) is 0 Å². The van der Waals surface area contributed by atoms with Crippen LogP contribution < -0.4 is 4.90 Å². The second-order valence-corrected chi connectivity index (χ2v) is 16.0. The average Bonchev–Trinajstić information content (AvgIpc) is 3.55. The fraction of sp³-hybridized carbons (Fsp3) is 0.348. The van der Waals surface area contributed by atoms with Gasteiger partial charge in [-0.25, -0.2) is 0 Å². The van der Waals surface area contributed by atoms with E-state index in [0.29, 0.717) is 0 Å². The van der Waals surface area contributed by atoms with E-state index in [2.05, 4.69) is 120 Å². The van der Waals surface area contributed by atoms with Gasteiger partial charge in [-0.15, -0.1) is 0 Å². The highest BCUT2D eigenvalue weighted by Gasteiger charge is 2.61. The highest BCUT2D eigenvalue weighted by atomic mass is 15.1. The van der Waals surface area contributed by atoms with Crippen molar-refractivity contribution in [3.8, 4) is 22.3 Å². The van der Waals surface area contributed by atoms with Crippen LogP contribution in [0.25, 0.3) is 22.3 Å². The molecule has 0 amide bonds. The minimum absolute atomic E-state index is 0.185. The number of rotatable bonds is 3. The molecule has 0 aliphatic heterocycles. The highest BCUT2D eigenvalue weighted by Crippen LogP contribution is 2.69. The minimum atomic E-state index is 0.185. The number of para-hydroxylation sites is 1. The van der Waals surface area contributed by atoms with Gasteiger partial charge in [0.1, 0.15) is 0 Å². The Bertz CT molecular complexity index is 2020. The van der Waals surface area contributed by atoms with Gasteiger partial charge in [-0.1, -0.05) is 98.1 Å². The molecule has 0 heterocycles. The van der Waals surface area contributed by atoms with Crippen molar-refractivity contribution in [3.63, 3.8) is 0 Å². The second kappa shape index (κ2) is 9.72. The Hall–Kier alpha value is -4.10. The van der Waals surface area contributed by atoms with E-state index in [-0.39, 0.29) is 10.8 Å². The summed E-state index contributed by atoms with van der Waals surface area (Å²) >= 11 is 0. The lowest BCUT2D eigenvalue weighted by molar-refractivity contribution is -0.0399. The first kappa shape index (κ1) is 26.9. The lowest BCUT2D eigenvalue weighted by Crippen LogP contribution is -2.55. The van der Waals surface area contributed by atoms with Crippen LogP contribution in [0.1, 0.15) is 86.5 Å². The fourth-order valence-corrected chi connectivity index (χ4v) is 12.6. The lowest BCUT2D eigenvalue weighted by atomic mass is 9.43. The number of anilines is 3. The Morgan fingerprint density at radius 2 is 0.936 bits per heavy atom. The number of hydrogen-bond donors (Lipinski definition) is 0. The first-order chi connectivity index (χ1) is 23.2. The summed E-state index contributed by atoms with van der Waals surface area (Å²) in [6.45, 7) is 0. The van der Waals surface area contributed by atoms with Crippen LogP contribution in [0, 0.1) is 23.7 Å². The molecule has 1 nitrogen and oxygen atoms in total. The molecule has 7 aliphatic rings. The van der Waals surface area contributed by atoms with Crippen molar-refractivity contribution in [1.82, 2.24) is 0 Å². The van der Waals surface area contributed by atoms with Crippen LogP contribution in [0.5, 0.6) is 0 Å². The molecule has 0 N–H and O–H groups in total. The summed E-state index contributed by atoms with van der Waals surface area (Å²) in [5, 5.41) is 0. The summed E-state index contributed by atoms with van der Waals surface area (Å²) in [6, 6.07) is 45.0. The van der Waals surface area contributed by atoms with Crippen molar-refractivity contribution < 1.29 is 0 Å². The molecule has 5 aromatic carbocycles. The van der Waals surface area contributed by atoms with Crippen LogP contribution in [-0.2, 0) is 10.8 Å². The first-order valence-corrected chi connectivity index (χ1v) is 18.6. The quantitative estimate of drug-likeness (QED) is 0.197. The van der Waals surface area contributed by atoms with E-state index in [4.69, 9.17) is 0 Å². The van der Waals surface area contributed by atoms with Crippen molar-refractivity contribution in [2.45, 2.75) is 75.0 Å². The Morgan fingerprint density at radius 3 is 1.62 bits per heavy atom. The van der Waals surface area contributed by atoms with Crippen molar-refractivity contribution in [3.05, 3.63) is 138 Å². The Labute approximate surface area is 279 Å². The van der Waals surface area contributed by atoms with Gasteiger partial charge in [0.2, 0.25) is 0 Å². The molecule has 12 rings (SSSR count). The first-order valence-electron chi connectivity index (χ1n) is 18.6. The number of nitrogens with zero attached hydrogens (tertiary/aromatic N) is 1. The third-order valence-corrected chi connectivity index (χ3v) is 14.0. The summed E-state index contributed by atoms with van der Waals surface area (Å²) in [4.78, 5) is 2.53. The number of benzene rings is 5. The topological polar surface area (TPSA) is 3.24 Å². The van der Waals surface area contributed by atoms with Crippen LogP contribution in [0.15, 0.2) is 115 Å². The molecule has 5 fully saturated rings. The van der Waals surface area contributed by atoms with Gasteiger partial charge < -0.3 is 4.90 Å². The van der Waals surface area contributed by atoms with Gasteiger partial charge in [-0.2, -0.15) is 0 Å². The maximum atomic E-state index is 2.57. The van der Waals surface area contributed by atoms with Gasteiger partial charge in [-0.3, -0.25) is 0 Å². The van der Waals surface area contributed by atoms with Gasteiger partial charge in [0.25, 0.3) is 0 Å². The molecule has 5 saturated carbocycles. The zero-order valence-electron chi connectivity index (χ0n) is 27.3. The number of fused-ring (bicyclic) bond motifs is 8. The summed E-state index contributed by atoms with van der Waals surface area (Å²) in [6.07, 6.45) is 13.8. The summed E-state index contributed by atoms with van der Waals surface area (Å²) in [5.41, 5.74) is 16.4. The standard InChI is InChI=1S/C46H43N/c1-3-11-34(12-4-1)47(35-17-19-42-39(28-35)37-13-5-7-15-41(37)45(42)21-9-2-10-22-45)36-18-20-44-40(29-36)38-14-6-8-16-43(38)46(44)32-24-30-23-31(26-32)27-33(46)25-30/h1,3-8,11-20,28-33H,2,9-10,21-27H2. The van der Waals surface area contributed by atoms with Gasteiger partial charge in [0.15, 0.2) is 0 Å². The molecule has 0 atom stereocenters. The van der Waals surface area contributed by atoms with E-state index in [1.54, 1.807) is 22.3 Å². The minimum Gasteiger partial charge on any atom is -0.310 e. The SMILES string of the molecule is c1ccc(N(c2ccc3c(c2)-c2ccccc2C32CCCCC2)c2ccc3c(c2)-c2ccccc2C32C3CC4CC(C3)CC2C4)cc1. The van der Waals surface area contributed by atoms with E-state index < -0.39 is 0 Å². The Balaban J connectivity index is 1.09. The molecule has 0 unspecified atom stereocenters. The Kier molecular flexibility index (Phi) is 5.57. The molecule has 0 aromatic heterocycles. The number of hydrogen-bond acceptors (Lipinski definition) is 1. The van der Waals surface area contributed by atoms with Crippen LogP contribution in [0.4, 0.5) is 17.1 Å². The van der Waals surface area contributed by atoms with Crippen molar-refractivity contribution in [2.24, 2.45) is 23.7 Å². The highest BCUT2D eigenvalue weighted by molar-refractivity contribution is 5.90. The molecule has 5 aromatic rings. The molecule has 0 radical (unpaired) electrons. The van der Waals surface area contributed by atoms with Crippen molar-refractivity contribution >= 4 is 17.1 Å². The molecular weight excluding hydrogens is 567 g/mol. The zero-order valence-corrected chi connectivity index (χ0v) is 27.3. The predicted octanol–water partition coefficient (Wildman–Crippen LogP) is 12.1. The normalized spacial score (nSPS) is 28.3. The van der Waals surface area contributed by atoms with Gasteiger partial charge in [0, 0.05) is 27.9 Å². The Morgan fingerprint density at radius 1 is 0.426 bits per heavy atom. The van der Waals surface area contributed by atoms with Crippen LogP contribution in [0.2, 0.25) is 0 Å². The molecule has 47 heavy (non-hydrogen) atoms. The van der Waals surface area contributed by atoms with E-state index in [0.717, 1.165) is 23.7 Å². The van der Waals surface area contributed by atoms with Crippen LogP contribution in [-0.4, -0.2) is 0 Å². The molecular formula is C46H43N. The maximum Gasteiger partial charge on any atom is 0.0468 e. The van der Waals surface area contributed by atoms with E-state index >= 15 is 0 Å². The van der Waals surface area contributed by atoms with Crippen LogP contribution in [0.3, 0.4) is 0 Å². The maximum absolute atomic E-state index is 2.57. The summed E-state index contributed by atoms with van der Waals surface area (Å²) in [5.74, 6) is 3.51. The van der Waals surface area contributed by atoms with E-state index in [1.807, 2.05) is 0 Å². The third kappa shape index (κ3) is 3.51. The van der Waals surface area contributed by atoms with Gasteiger partial charge in [0.05, 0.1) is 0 Å². The second-order valence-electron chi connectivity index (χ2n) is 16.0. The molecule has 0 saturated heterocycles. The third-order valence-electron chi connectivity index (χ3n) is 14.0. The largest absolute Gasteiger partial charge is 0.310 e. The van der Waals surface area contributed by atoms with Crippen molar-refractivity contribution in [1.29, 1.82) is 0 Å². The van der Waals surface area contributed by atoms with Gasteiger partial charge in [-0.05, 0) is 150 Å². The summed E-state index contributed by atoms with van der Waals surface area (Å²) in [7, 11) is 0.